The number of ether oxygens (including phenoxy) is 2. The van der Waals surface area contributed by atoms with Crippen LogP contribution < -0.4 is 10.1 Å². The number of aromatic nitrogens is 1. The first-order valence-electron chi connectivity index (χ1n) is 9.70. The van der Waals surface area contributed by atoms with Gasteiger partial charge in [0, 0.05) is 17.4 Å². The van der Waals surface area contributed by atoms with Crippen molar-refractivity contribution in [2.24, 2.45) is 0 Å². The van der Waals surface area contributed by atoms with E-state index in [0.717, 1.165) is 16.3 Å². The fraction of sp³-hybridized carbons (Fsp3) is 0.261. The van der Waals surface area contributed by atoms with E-state index in [-0.39, 0.29) is 12.5 Å². The lowest BCUT2D eigenvalue weighted by atomic mass is 10.1. The van der Waals surface area contributed by atoms with E-state index in [1.807, 2.05) is 42.6 Å². The first kappa shape index (κ1) is 21.5. The van der Waals surface area contributed by atoms with Gasteiger partial charge in [-0.1, -0.05) is 30.3 Å². The summed E-state index contributed by atoms with van der Waals surface area (Å²) in [6, 6.07) is 15.5. The number of nitrogens with zero attached hydrogens (tertiary/aromatic N) is 1. The number of amides is 1. The Hall–Kier alpha value is -3.19. The zero-order chi connectivity index (χ0) is 21.3. The van der Waals surface area contributed by atoms with Crippen LogP contribution in [0.1, 0.15) is 33.5 Å². The van der Waals surface area contributed by atoms with E-state index in [2.05, 4.69) is 10.3 Å². The molecule has 1 aromatic heterocycles. The number of thiazole rings is 1. The second-order valence-electron chi connectivity index (χ2n) is 6.64. The minimum atomic E-state index is -0.760. The van der Waals surface area contributed by atoms with Gasteiger partial charge in [-0.3, -0.25) is 4.79 Å². The van der Waals surface area contributed by atoms with E-state index in [0.29, 0.717) is 24.3 Å². The van der Waals surface area contributed by atoms with Crippen molar-refractivity contribution < 1.29 is 19.1 Å². The largest absolute Gasteiger partial charge is 0.487 e. The van der Waals surface area contributed by atoms with Gasteiger partial charge >= 0.3 is 5.97 Å². The maximum Gasteiger partial charge on any atom is 0.328 e. The monoisotopic (exact) mass is 424 g/mol. The van der Waals surface area contributed by atoms with Gasteiger partial charge in [-0.05, 0) is 43.7 Å². The van der Waals surface area contributed by atoms with Gasteiger partial charge in [0.05, 0.1) is 17.3 Å². The summed E-state index contributed by atoms with van der Waals surface area (Å²) in [6.45, 7) is 4.32. The lowest BCUT2D eigenvalue weighted by molar-refractivity contribution is -0.145. The number of nitrogens with one attached hydrogen (secondary N) is 1. The van der Waals surface area contributed by atoms with E-state index < -0.39 is 12.0 Å². The number of aryl methyl sites for hydroxylation is 1. The Morgan fingerprint density at radius 2 is 1.83 bits per heavy atom. The van der Waals surface area contributed by atoms with Crippen molar-refractivity contribution in [1.29, 1.82) is 0 Å². The van der Waals surface area contributed by atoms with Crippen molar-refractivity contribution in [3.8, 4) is 5.75 Å². The number of hydrogen-bond acceptors (Lipinski definition) is 6. The van der Waals surface area contributed by atoms with Crippen LogP contribution in [-0.2, 0) is 22.6 Å². The summed E-state index contributed by atoms with van der Waals surface area (Å²) in [4.78, 5) is 29.4. The Morgan fingerprint density at radius 1 is 1.10 bits per heavy atom. The van der Waals surface area contributed by atoms with Crippen molar-refractivity contribution in [2.75, 3.05) is 6.61 Å². The first-order valence-corrected chi connectivity index (χ1v) is 10.6. The van der Waals surface area contributed by atoms with Crippen LogP contribution in [0.4, 0.5) is 0 Å². The van der Waals surface area contributed by atoms with Crippen LogP contribution in [0.15, 0.2) is 60.0 Å². The molecule has 0 aliphatic rings. The average Bonchev–Trinajstić information content (AvgIpc) is 3.18. The molecule has 156 valence electrons. The zero-order valence-corrected chi connectivity index (χ0v) is 17.8. The lowest BCUT2D eigenvalue weighted by Gasteiger charge is -2.17. The molecule has 1 amide bonds. The molecule has 1 N–H and O–H groups in total. The normalized spacial score (nSPS) is 11.5. The van der Waals surface area contributed by atoms with Crippen molar-refractivity contribution in [2.45, 2.75) is 32.9 Å². The van der Waals surface area contributed by atoms with E-state index in [4.69, 9.17) is 9.47 Å². The molecule has 1 unspecified atom stereocenters. The Kier molecular flexibility index (Phi) is 7.57. The summed E-state index contributed by atoms with van der Waals surface area (Å²) in [6.07, 6.45) is 0.361. The van der Waals surface area contributed by atoms with Crippen LogP contribution in [-0.4, -0.2) is 29.5 Å². The molecular formula is C23H24N2O4S. The molecule has 2 aromatic carbocycles. The van der Waals surface area contributed by atoms with Crippen molar-refractivity contribution >= 4 is 23.2 Å². The van der Waals surface area contributed by atoms with E-state index in [1.54, 1.807) is 42.5 Å². The van der Waals surface area contributed by atoms with Gasteiger partial charge in [-0.15, -0.1) is 11.3 Å². The van der Waals surface area contributed by atoms with Gasteiger partial charge in [0.25, 0.3) is 5.91 Å². The third-order valence-electron chi connectivity index (χ3n) is 4.33. The quantitative estimate of drug-likeness (QED) is 0.527. The van der Waals surface area contributed by atoms with E-state index in [1.165, 1.54) is 0 Å². The number of benzene rings is 2. The highest BCUT2D eigenvalue weighted by atomic mass is 32.1. The smallest absolute Gasteiger partial charge is 0.328 e. The maximum atomic E-state index is 12.7. The Labute approximate surface area is 179 Å². The summed E-state index contributed by atoms with van der Waals surface area (Å²) < 4.78 is 10.8. The summed E-state index contributed by atoms with van der Waals surface area (Å²) in [5.74, 6) is -0.151. The van der Waals surface area contributed by atoms with Gasteiger partial charge < -0.3 is 14.8 Å². The second-order valence-corrected chi connectivity index (χ2v) is 7.70. The number of hydrogen-bond donors (Lipinski definition) is 1. The topological polar surface area (TPSA) is 77.5 Å². The Morgan fingerprint density at radius 3 is 2.47 bits per heavy atom. The SMILES string of the molecule is CCOC(=O)C(Cc1ccccc1)NC(=O)c1ccc(OCc2csc(C)n2)cc1. The third-order valence-corrected chi connectivity index (χ3v) is 5.15. The molecule has 1 atom stereocenters. The molecule has 3 rings (SSSR count). The minimum Gasteiger partial charge on any atom is -0.487 e. The minimum absolute atomic E-state index is 0.255. The van der Waals surface area contributed by atoms with Crippen LogP contribution in [0.3, 0.4) is 0 Å². The van der Waals surface area contributed by atoms with Crippen molar-refractivity contribution in [1.82, 2.24) is 10.3 Å². The van der Waals surface area contributed by atoms with Gasteiger partial charge in [0.1, 0.15) is 18.4 Å². The highest BCUT2D eigenvalue weighted by molar-refractivity contribution is 7.09. The molecule has 0 spiro atoms. The fourth-order valence-electron chi connectivity index (χ4n) is 2.86. The van der Waals surface area contributed by atoms with Crippen molar-refractivity contribution in [3.05, 3.63) is 81.8 Å². The zero-order valence-electron chi connectivity index (χ0n) is 17.0. The Bertz CT molecular complexity index is 970. The van der Waals surface area contributed by atoms with Gasteiger partial charge in [0.15, 0.2) is 0 Å². The molecule has 0 fully saturated rings. The molecular weight excluding hydrogens is 400 g/mol. The molecule has 3 aromatic rings. The summed E-state index contributed by atoms with van der Waals surface area (Å²) in [5.41, 5.74) is 2.25. The highest BCUT2D eigenvalue weighted by Gasteiger charge is 2.23. The molecule has 0 radical (unpaired) electrons. The molecule has 1 heterocycles. The van der Waals surface area contributed by atoms with Crippen molar-refractivity contribution in [3.63, 3.8) is 0 Å². The molecule has 7 heteroatoms. The second kappa shape index (κ2) is 10.5. The molecule has 30 heavy (non-hydrogen) atoms. The Balaban J connectivity index is 1.62. The van der Waals surface area contributed by atoms with E-state index >= 15 is 0 Å². The summed E-state index contributed by atoms with van der Waals surface area (Å²) >= 11 is 1.58. The van der Waals surface area contributed by atoms with Crippen LogP contribution in [0.2, 0.25) is 0 Å². The number of rotatable bonds is 9. The predicted molar refractivity (Wildman–Crippen MR) is 116 cm³/mol. The molecule has 0 aliphatic carbocycles. The van der Waals surface area contributed by atoms with Gasteiger partial charge in [0.2, 0.25) is 0 Å². The standard InChI is InChI=1S/C23H24N2O4S/c1-3-28-23(27)21(13-17-7-5-4-6-8-17)25-22(26)18-9-11-20(12-10-18)29-14-19-15-30-16(2)24-19/h4-12,15,21H,3,13-14H2,1-2H3,(H,25,26). The number of carbonyl (C=O) groups excluding carboxylic acids is 2. The predicted octanol–water partition coefficient (Wildman–Crippen LogP) is 3.93. The van der Waals surface area contributed by atoms with E-state index in [9.17, 15) is 9.59 Å². The van der Waals surface area contributed by atoms with Gasteiger partial charge in [-0.2, -0.15) is 0 Å². The van der Waals surface area contributed by atoms with Crippen LogP contribution >= 0.6 is 11.3 Å². The molecule has 6 nitrogen and oxygen atoms in total. The van der Waals surface area contributed by atoms with Gasteiger partial charge in [-0.25, -0.2) is 9.78 Å². The van der Waals surface area contributed by atoms with Crippen LogP contribution in [0.25, 0.3) is 0 Å². The average molecular weight is 425 g/mol. The fourth-order valence-corrected chi connectivity index (χ4v) is 3.46. The lowest BCUT2D eigenvalue weighted by Crippen LogP contribution is -2.43. The third kappa shape index (κ3) is 6.15. The summed E-state index contributed by atoms with van der Waals surface area (Å²) in [5, 5.41) is 5.73. The highest BCUT2D eigenvalue weighted by Crippen LogP contribution is 2.16. The molecule has 0 saturated carbocycles. The van der Waals surface area contributed by atoms with Crippen LogP contribution in [0, 0.1) is 6.92 Å². The molecule has 0 bridgehead atoms. The number of esters is 1. The molecule has 0 aliphatic heterocycles. The maximum absolute atomic E-state index is 12.7. The van der Waals surface area contributed by atoms with Crippen LogP contribution in [0.5, 0.6) is 5.75 Å². The number of carbonyl (C=O) groups is 2. The molecule has 0 saturated heterocycles. The first-order chi connectivity index (χ1) is 14.5. The summed E-state index contributed by atoms with van der Waals surface area (Å²) in [7, 11) is 0.